The van der Waals surface area contributed by atoms with E-state index in [1.807, 2.05) is 30.3 Å². The average molecular weight is 345 g/mol. The van der Waals surface area contributed by atoms with E-state index in [0.29, 0.717) is 5.13 Å². The van der Waals surface area contributed by atoms with E-state index in [1.54, 1.807) is 11.6 Å². The third-order valence-electron chi connectivity index (χ3n) is 2.98. The molecular weight excluding hydrogens is 334 g/mol. The maximum absolute atomic E-state index is 12.3. The second-order valence-corrected chi connectivity index (χ2v) is 6.47. The fourth-order valence-electron chi connectivity index (χ4n) is 1.95. The Morgan fingerprint density at radius 2 is 2.04 bits per heavy atom. The Morgan fingerprint density at radius 1 is 1.26 bits per heavy atom. The van der Waals surface area contributed by atoms with Crippen molar-refractivity contribution in [1.29, 1.82) is 0 Å². The number of anilines is 1. The van der Waals surface area contributed by atoms with Crippen LogP contribution in [-0.4, -0.2) is 26.9 Å². The summed E-state index contributed by atoms with van der Waals surface area (Å²) in [7, 11) is 0. The first-order chi connectivity index (χ1) is 11.1. The SMILES string of the molecule is O=C(/C=C1\SC(=O)N(Cc2ccccc2)C1=O)Nc1nccs1. The van der Waals surface area contributed by atoms with Crippen LogP contribution in [0.2, 0.25) is 0 Å². The molecule has 1 N–H and O–H groups in total. The first-order valence-corrected chi connectivity index (χ1v) is 8.33. The highest BCUT2D eigenvalue weighted by Gasteiger charge is 2.35. The lowest BCUT2D eigenvalue weighted by molar-refractivity contribution is -0.123. The lowest BCUT2D eigenvalue weighted by Gasteiger charge is -2.11. The first-order valence-electron chi connectivity index (χ1n) is 6.63. The fraction of sp³-hybridized carbons (Fsp3) is 0.0667. The number of benzene rings is 1. The molecule has 0 spiro atoms. The van der Waals surface area contributed by atoms with Gasteiger partial charge in [-0.2, -0.15) is 0 Å². The molecule has 8 heteroatoms. The van der Waals surface area contributed by atoms with Crippen molar-refractivity contribution >= 4 is 45.3 Å². The van der Waals surface area contributed by atoms with Gasteiger partial charge in [-0.05, 0) is 17.3 Å². The maximum Gasteiger partial charge on any atom is 0.293 e. The summed E-state index contributed by atoms with van der Waals surface area (Å²) < 4.78 is 0. The lowest BCUT2D eigenvalue weighted by Crippen LogP contribution is -2.27. The lowest BCUT2D eigenvalue weighted by atomic mass is 10.2. The van der Waals surface area contributed by atoms with Gasteiger partial charge in [0.05, 0.1) is 11.4 Å². The zero-order valence-corrected chi connectivity index (χ0v) is 13.4. The number of carbonyl (C=O) groups excluding carboxylic acids is 3. The van der Waals surface area contributed by atoms with E-state index in [2.05, 4.69) is 10.3 Å². The highest BCUT2D eigenvalue weighted by Crippen LogP contribution is 2.31. The number of thiazole rings is 1. The van der Waals surface area contributed by atoms with Crippen LogP contribution in [0.25, 0.3) is 0 Å². The summed E-state index contributed by atoms with van der Waals surface area (Å²) in [5.41, 5.74) is 0.850. The molecule has 0 saturated carbocycles. The zero-order chi connectivity index (χ0) is 16.2. The van der Waals surface area contributed by atoms with E-state index >= 15 is 0 Å². The summed E-state index contributed by atoms with van der Waals surface area (Å²) in [4.78, 5) is 41.3. The Kier molecular flexibility index (Phi) is 4.54. The standard InChI is InChI=1S/C15H11N3O3S2/c19-12(17-14-16-6-7-22-14)8-11-13(20)18(15(21)23-11)9-10-4-2-1-3-5-10/h1-8H,9H2,(H,16,17,19)/b11-8-. The van der Waals surface area contributed by atoms with Crippen LogP contribution >= 0.6 is 23.1 Å². The molecule has 0 unspecified atom stereocenters. The number of carbonyl (C=O) groups is 3. The Balaban J connectivity index is 1.70. The molecular formula is C15H11N3O3S2. The summed E-state index contributed by atoms with van der Waals surface area (Å²) in [6, 6.07) is 9.21. The number of hydrogen-bond acceptors (Lipinski definition) is 6. The molecule has 116 valence electrons. The van der Waals surface area contributed by atoms with Crippen LogP contribution in [0.1, 0.15) is 5.56 Å². The van der Waals surface area contributed by atoms with Crippen LogP contribution in [0.5, 0.6) is 0 Å². The third kappa shape index (κ3) is 3.66. The van der Waals surface area contributed by atoms with Gasteiger partial charge >= 0.3 is 0 Å². The molecule has 1 saturated heterocycles. The summed E-state index contributed by atoms with van der Waals surface area (Å²) in [5, 5.41) is 4.33. The maximum atomic E-state index is 12.3. The van der Waals surface area contributed by atoms with E-state index in [4.69, 9.17) is 0 Å². The Labute approximate surface area is 140 Å². The van der Waals surface area contributed by atoms with Crippen molar-refractivity contribution in [2.45, 2.75) is 6.54 Å². The van der Waals surface area contributed by atoms with E-state index < -0.39 is 11.8 Å². The molecule has 3 amide bonds. The van der Waals surface area contributed by atoms with Crippen LogP contribution < -0.4 is 5.32 Å². The fourth-order valence-corrected chi connectivity index (χ4v) is 3.29. The number of hydrogen-bond donors (Lipinski definition) is 1. The Morgan fingerprint density at radius 3 is 2.74 bits per heavy atom. The van der Waals surface area contributed by atoms with Crippen molar-refractivity contribution in [2.75, 3.05) is 5.32 Å². The number of imide groups is 1. The third-order valence-corrected chi connectivity index (χ3v) is 4.58. The van der Waals surface area contributed by atoms with Crippen molar-refractivity contribution in [3.05, 3.63) is 58.5 Å². The Bertz CT molecular complexity index is 773. The van der Waals surface area contributed by atoms with Crippen LogP contribution in [0, 0.1) is 0 Å². The molecule has 1 aromatic heterocycles. The van der Waals surface area contributed by atoms with Gasteiger partial charge in [0, 0.05) is 17.7 Å². The van der Waals surface area contributed by atoms with Crippen LogP contribution in [-0.2, 0) is 16.1 Å². The largest absolute Gasteiger partial charge is 0.298 e. The molecule has 6 nitrogen and oxygen atoms in total. The predicted octanol–water partition coefficient (Wildman–Crippen LogP) is 2.86. The molecule has 1 aliphatic rings. The second kappa shape index (κ2) is 6.76. The van der Waals surface area contributed by atoms with Crippen molar-refractivity contribution in [3.8, 4) is 0 Å². The molecule has 0 radical (unpaired) electrons. The minimum absolute atomic E-state index is 0.111. The van der Waals surface area contributed by atoms with Crippen molar-refractivity contribution in [2.24, 2.45) is 0 Å². The highest BCUT2D eigenvalue weighted by molar-refractivity contribution is 8.18. The molecule has 0 bridgehead atoms. The molecule has 23 heavy (non-hydrogen) atoms. The monoisotopic (exact) mass is 345 g/mol. The minimum Gasteiger partial charge on any atom is -0.298 e. The van der Waals surface area contributed by atoms with Gasteiger partial charge < -0.3 is 0 Å². The van der Waals surface area contributed by atoms with Crippen molar-refractivity contribution in [3.63, 3.8) is 0 Å². The molecule has 2 heterocycles. The van der Waals surface area contributed by atoms with Crippen molar-refractivity contribution in [1.82, 2.24) is 9.88 Å². The van der Waals surface area contributed by atoms with Gasteiger partial charge in [0.1, 0.15) is 0 Å². The summed E-state index contributed by atoms with van der Waals surface area (Å²) >= 11 is 2.03. The van der Waals surface area contributed by atoms with Gasteiger partial charge in [-0.15, -0.1) is 11.3 Å². The van der Waals surface area contributed by atoms with E-state index in [-0.39, 0.29) is 16.7 Å². The molecule has 2 aromatic rings. The predicted molar refractivity (Wildman–Crippen MR) is 88.8 cm³/mol. The van der Waals surface area contributed by atoms with Gasteiger partial charge in [0.2, 0.25) is 0 Å². The first kappa shape index (κ1) is 15.4. The van der Waals surface area contributed by atoms with Gasteiger partial charge in [-0.1, -0.05) is 30.3 Å². The zero-order valence-electron chi connectivity index (χ0n) is 11.8. The van der Waals surface area contributed by atoms with E-state index in [1.165, 1.54) is 11.3 Å². The second-order valence-electron chi connectivity index (χ2n) is 4.58. The topological polar surface area (TPSA) is 79.4 Å². The molecule has 0 atom stereocenters. The number of nitrogens with one attached hydrogen (secondary N) is 1. The van der Waals surface area contributed by atoms with Crippen molar-refractivity contribution < 1.29 is 14.4 Å². The molecule has 1 aliphatic heterocycles. The normalized spacial score (nSPS) is 16.2. The van der Waals surface area contributed by atoms with Gasteiger partial charge in [-0.25, -0.2) is 4.98 Å². The summed E-state index contributed by atoms with van der Waals surface area (Å²) in [6.45, 7) is 0.191. The number of thioether (sulfide) groups is 1. The molecule has 1 aromatic carbocycles. The molecule has 0 aliphatic carbocycles. The highest BCUT2D eigenvalue weighted by atomic mass is 32.2. The minimum atomic E-state index is -0.481. The van der Waals surface area contributed by atoms with Crippen LogP contribution in [0.4, 0.5) is 9.93 Å². The summed E-state index contributed by atoms with van der Waals surface area (Å²) in [5.74, 6) is -0.941. The smallest absolute Gasteiger partial charge is 0.293 e. The van der Waals surface area contributed by atoms with E-state index in [9.17, 15) is 14.4 Å². The van der Waals surface area contributed by atoms with Gasteiger partial charge in [0.15, 0.2) is 5.13 Å². The number of rotatable bonds is 4. The van der Waals surface area contributed by atoms with Gasteiger partial charge in [-0.3, -0.25) is 24.6 Å². The van der Waals surface area contributed by atoms with Crippen LogP contribution in [0.3, 0.4) is 0 Å². The number of aromatic nitrogens is 1. The number of nitrogens with zero attached hydrogens (tertiary/aromatic N) is 2. The van der Waals surface area contributed by atoms with Crippen LogP contribution in [0.15, 0.2) is 52.9 Å². The summed E-state index contributed by atoms with van der Waals surface area (Å²) in [6.07, 6.45) is 2.70. The molecule has 3 rings (SSSR count). The van der Waals surface area contributed by atoms with E-state index in [0.717, 1.165) is 28.3 Å². The molecule has 1 fully saturated rings. The van der Waals surface area contributed by atoms with Gasteiger partial charge in [0.25, 0.3) is 17.1 Å². The Hall–Kier alpha value is -2.45. The number of amides is 3. The quantitative estimate of drug-likeness (QED) is 0.862. The average Bonchev–Trinajstić information content (AvgIpc) is 3.12.